The normalized spacial score (nSPS) is 27.1. The molecule has 140 valence electrons. The molecule has 0 saturated heterocycles. The molecule has 0 spiro atoms. The average Bonchev–Trinajstić information content (AvgIpc) is 2.99. The highest BCUT2D eigenvalue weighted by Crippen LogP contribution is 2.59. The van der Waals surface area contributed by atoms with Gasteiger partial charge in [0.25, 0.3) is 5.91 Å². The second-order valence-corrected chi connectivity index (χ2v) is 7.93. The maximum Gasteiger partial charge on any atom is 0.359 e. The Hall–Kier alpha value is -2.69. The number of hydrazone groups is 1. The van der Waals surface area contributed by atoms with Gasteiger partial charge in [-0.1, -0.05) is 38.1 Å². The second kappa shape index (κ2) is 6.48. The number of para-hydroxylation sites is 1. The number of hydrogen-bond donors (Lipinski definition) is 0. The topological polar surface area (TPSA) is 59.0 Å². The Morgan fingerprint density at radius 3 is 2.70 bits per heavy atom. The lowest BCUT2D eigenvalue weighted by molar-refractivity contribution is -0.135. The first-order valence-corrected chi connectivity index (χ1v) is 9.50. The van der Waals surface area contributed by atoms with Crippen molar-refractivity contribution < 1.29 is 14.3 Å². The van der Waals surface area contributed by atoms with Gasteiger partial charge in [-0.15, -0.1) is 0 Å². The molecule has 1 aliphatic heterocycles. The molecule has 1 heterocycles. The maximum atomic E-state index is 13.1. The van der Waals surface area contributed by atoms with Crippen LogP contribution in [0.15, 0.2) is 58.7 Å². The number of allylic oxidation sites excluding steroid dienone is 3. The van der Waals surface area contributed by atoms with Crippen molar-refractivity contribution in [1.82, 2.24) is 0 Å². The Labute approximate surface area is 159 Å². The minimum Gasteiger partial charge on any atom is -0.461 e. The van der Waals surface area contributed by atoms with E-state index in [2.05, 4.69) is 25.0 Å². The molecule has 1 fully saturated rings. The van der Waals surface area contributed by atoms with Gasteiger partial charge in [0.1, 0.15) is 0 Å². The Balaban J connectivity index is 1.72. The van der Waals surface area contributed by atoms with Crippen LogP contribution in [0.25, 0.3) is 0 Å². The molecule has 1 aromatic carbocycles. The summed E-state index contributed by atoms with van der Waals surface area (Å²) in [7, 11) is 0. The number of nitrogens with zero attached hydrogens (tertiary/aromatic N) is 2. The first-order chi connectivity index (χ1) is 12.9. The zero-order valence-corrected chi connectivity index (χ0v) is 15.9. The van der Waals surface area contributed by atoms with Crippen LogP contribution < -0.4 is 5.01 Å². The van der Waals surface area contributed by atoms with Crippen molar-refractivity contribution in [2.45, 2.75) is 33.6 Å². The molecule has 2 bridgehead atoms. The van der Waals surface area contributed by atoms with Crippen LogP contribution in [0.3, 0.4) is 0 Å². The van der Waals surface area contributed by atoms with E-state index < -0.39 is 5.97 Å². The molecule has 2 unspecified atom stereocenters. The molecular formula is C22H24N2O3. The molecule has 0 aromatic heterocycles. The molecule has 27 heavy (non-hydrogen) atoms. The fourth-order valence-corrected chi connectivity index (χ4v) is 4.37. The van der Waals surface area contributed by atoms with E-state index in [1.54, 1.807) is 19.1 Å². The summed E-state index contributed by atoms with van der Waals surface area (Å²) in [6.45, 7) is 6.55. The molecule has 2 atom stereocenters. The summed E-state index contributed by atoms with van der Waals surface area (Å²) < 4.78 is 5.15. The third-order valence-corrected chi connectivity index (χ3v) is 6.17. The number of carbonyl (C=O) groups is 2. The van der Waals surface area contributed by atoms with Gasteiger partial charge in [0.15, 0.2) is 5.71 Å². The van der Waals surface area contributed by atoms with Crippen LogP contribution in [-0.2, 0) is 14.3 Å². The van der Waals surface area contributed by atoms with Gasteiger partial charge in [-0.2, -0.15) is 10.1 Å². The highest BCUT2D eigenvalue weighted by Gasteiger charge is 2.51. The van der Waals surface area contributed by atoms with Gasteiger partial charge in [-0.05, 0) is 60.8 Å². The minimum atomic E-state index is -0.558. The fourth-order valence-electron chi connectivity index (χ4n) is 4.37. The van der Waals surface area contributed by atoms with Crippen molar-refractivity contribution in [2.24, 2.45) is 22.4 Å². The molecule has 1 saturated carbocycles. The van der Waals surface area contributed by atoms with Crippen LogP contribution in [0.1, 0.15) is 33.6 Å². The third-order valence-electron chi connectivity index (χ3n) is 6.17. The molecule has 1 amide bonds. The van der Waals surface area contributed by atoms with Crippen molar-refractivity contribution in [1.29, 1.82) is 0 Å². The number of benzene rings is 1. The molecular weight excluding hydrogens is 340 g/mol. The van der Waals surface area contributed by atoms with E-state index in [-0.39, 0.29) is 23.6 Å². The lowest BCUT2D eigenvalue weighted by Crippen LogP contribution is -2.47. The number of fused-ring (bicyclic) bond motifs is 1. The van der Waals surface area contributed by atoms with Gasteiger partial charge >= 0.3 is 5.97 Å². The highest BCUT2D eigenvalue weighted by atomic mass is 16.5. The van der Waals surface area contributed by atoms with Crippen LogP contribution in [0.5, 0.6) is 0 Å². The van der Waals surface area contributed by atoms with E-state index in [4.69, 9.17) is 4.74 Å². The molecule has 5 heteroatoms. The summed E-state index contributed by atoms with van der Waals surface area (Å²) in [5, 5.41) is 5.60. The zero-order chi connectivity index (χ0) is 19.2. The SMILES string of the molecule is CCOC(=O)C1=NN(c2ccccc2)C(=O)C1=CC1=CCC2CC1C2(C)C. The van der Waals surface area contributed by atoms with Crippen molar-refractivity contribution in [2.75, 3.05) is 11.6 Å². The largest absolute Gasteiger partial charge is 0.461 e. The number of hydrogen-bond acceptors (Lipinski definition) is 4. The number of rotatable bonds is 4. The number of amides is 1. The quantitative estimate of drug-likeness (QED) is 0.602. The molecule has 3 aliphatic carbocycles. The first kappa shape index (κ1) is 17.7. The lowest BCUT2D eigenvalue weighted by Gasteiger charge is -2.56. The van der Waals surface area contributed by atoms with Crippen LogP contribution in [0.4, 0.5) is 5.69 Å². The predicted octanol–water partition coefficient (Wildman–Crippen LogP) is 3.87. The van der Waals surface area contributed by atoms with E-state index >= 15 is 0 Å². The van der Waals surface area contributed by atoms with E-state index in [0.29, 0.717) is 23.1 Å². The molecule has 4 aliphatic rings. The van der Waals surface area contributed by atoms with Crippen LogP contribution in [0.2, 0.25) is 0 Å². The van der Waals surface area contributed by atoms with Crippen LogP contribution in [-0.4, -0.2) is 24.2 Å². The third kappa shape index (κ3) is 2.82. The molecule has 1 aromatic rings. The Morgan fingerprint density at radius 2 is 2.07 bits per heavy atom. The Kier molecular flexibility index (Phi) is 4.25. The van der Waals surface area contributed by atoms with E-state index in [1.807, 2.05) is 24.3 Å². The predicted molar refractivity (Wildman–Crippen MR) is 104 cm³/mol. The number of esters is 1. The van der Waals surface area contributed by atoms with Gasteiger partial charge in [-0.25, -0.2) is 4.79 Å². The smallest absolute Gasteiger partial charge is 0.359 e. The number of anilines is 1. The average molecular weight is 364 g/mol. The monoisotopic (exact) mass is 364 g/mol. The van der Waals surface area contributed by atoms with Crippen molar-refractivity contribution in [3.63, 3.8) is 0 Å². The summed E-state index contributed by atoms with van der Waals surface area (Å²) in [6.07, 6.45) is 6.23. The van der Waals surface area contributed by atoms with E-state index in [9.17, 15) is 9.59 Å². The maximum absolute atomic E-state index is 13.1. The van der Waals surface area contributed by atoms with Crippen molar-refractivity contribution in [3.8, 4) is 0 Å². The molecule has 0 N–H and O–H groups in total. The van der Waals surface area contributed by atoms with Gasteiger partial charge in [0, 0.05) is 0 Å². The number of ether oxygens (including phenoxy) is 1. The fraction of sp³-hybridized carbons (Fsp3) is 0.409. The van der Waals surface area contributed by atoms with Crippen LogP contribution >= 0.6 is 0 Å². The van der Waals surface area contributed by atoms with E-state index in [0.717, 1.165) is 18.4 Å². The Morgan fingerprint density at radius 1 is 1.33 bits per heavy atom. The standard InChI is InChI=1S/C22H24N2O3/c1-4-27-21(26)19-17(12-14-10-11-15-13-18(14)22(15,2)3)20(25)24(23-19)16-8-6-5-7-9-16/h5-10,12,15,18H,4,11,13H2,1-3H3. The van der Waals surface area contributed by atoms with Gasteiger partial charge in [-0.3, -0.25) is 4.79 Å². The van der Waals surface area contributed by atoms with Gasteiger partial charge < -0.3 is 4.74 Å². The minimum absolute atomic E-state index is 0.0888. The summed E-state index contributed by atoms with van der Waals surface area (Å²) in [5.74, 6) is 0.288. The second-order valence-electron chi connectivity index (χ2n) is 7.93. The summed E-state index contributed by atoms with van der Waals surface area (Å²) in [6, 6.07) is 9.15. The van der Waals surface area contributed by atoms with Crippen molar-refractivity contribution in [3.05, 3.63) is 53.6 Å². The molecule has 0 radical (unpaired) electrons. The molecule has 5 rings (SSSR count). The summed E-state index contributed by atoms with van der Waals surface area (Å²) in [4.78, 5) is 25.5. The van der Waals surface area contributed by atoms with Crippen molar-refractivity contribution >= 4 is 23.3 Å². The first-order valence-electron chi connectivity index (χ1n) is 9.50. The number of carbonyl (C=O) groups excluding carboxylic acids is 2. The van der Waals surface area contributed by atoms with Gasteiger partial charge in [0.2, 0.25) is 0 Å². The summed E-state index contributed by atoms with van der Waals surface area (Å²) in [5.41, 5.74) is 2.42. The lowest BCUT2D eigenvalue weighted by atomic mass is 9.49. The summed E-state index contributed by atoms with van der Waals surface area (Å²) >= 11 is 0. The van der Waals surface area contributed by atoms with E-state index in [1.165, 1.54) is 5.01 Å². The molecule has 5 nitrogen and oxygen atoms in total. The van der Waals surface area contributed by atoms with Crippen LogP contribution in [0, 0.1) is 17.3 Å². The highest BCUT2D eigenvalue weighted by molar-refractivity contribution is 6.53. The zero-order valence-electron chi connectivity index (χ0n) is 15.9. The van der Waals surface area contributed by atoms with Gasteiger partial charge in [0.05, 0.1) is 17.9 Å². The Bertz CT molecular complexity index is 880.